The van der Waals surface area contributed by atoms with Gasteiger partial charge in [0, 0.05) is 0 Å². The third kappa shape index (κ3) is 4.27. The Hall–Kier alpha value is -1.47. The van der Waals surface area contributed by atoms with E-state index in [1.54, 1.807) is 20.8 Å². The number of ether oxygens (including phenoxy) is 1. The maximum Gasteiger partial charge on any atom is 0.412 e. The van der Waals surface area contributed by atoms with Crippen molar-refractivity contribution >= 4 is 33.2 Å². The van der Waals surface area contributed by atoms with E-state index in [9.17, 15) is 18.3 Å². The second-order valence-corrected chi connectivity index (χ2v) is 8.84. The molecule has 0 atom stereocenters. The van der Waals surface area contributed by atoms with E-state index in [2.05, 4.69) is 5.32 Å². The molecule has 8 heteroatoms. The third-order valence-corrected chi connectivity index (χ3v) is 5.27. The standard InChI is InChI=1S/C14H20ClNO5S/c1-8(2)22(19,20)12-9(15)6-7-10(11(12)17)16-13(18)21-14(3,4)5/h6-8,17H,1-5H3,(H,16,18). The van der Waals surface area contributed by atoms with E-state index < -0.39 is 37.4 Å². The number of aromatic hydroxyl groups is 1. The first kappa shape index (κ1) is 18.6. The van der Waals surface area contributed by atoms with Crippen molar-refractivity contribution in [3.8, 4) is 5.75 Å². The molecule has 22 heavy (non-hydrogen) atoms. The fourth-order valence-corrected chi connectivity index (χ4v) is 3.23. The normalized spacial score (nSPS) is 12.3. The lowest BCUT2D eigenvalue weighted by Crippen LogP contribution is -2.27. The molecule has 0 aliphatic rings. The summed E-state index contributed by atoms with van der Waals surface area (Å²) < 4.78 is 29.6. The third-order valence-electron chi connectivity index (χ3n) is 2.62. The van der Waals surface area contributed by atoms with Crippen molar-refractivity contribution in [3.63, 3.8) is 0 Å². The summed E-state index contributed by atoms with van der Waals surface area (Å²) in [5.41, 5.74) is -0.809. The monoisotopic (exact) mass is 349 g/mol. The smallest absolute Gasteiger partial charge is 0.412 e. The first-order chi connectivity index (χ1) is 9.86. The molecule has 1 rings (SSSR count). The van der Waals surface area contributed by atoms with Gasteiger partial charge in [0.25, 0.3) is 0 Å². The zero-order valence-electron chi connectivity index (χ0n) is 13.1. The van der Waals surface area contributed by atoms with Gasteiger partial charge in [0.05, 0.1) is 16.0 Å². The van der Waals surface area contributed by atoms with E-state index >= 15 is 0 Å². The molecule has 0 aromatic heterocycles. The van der Waals surface area contributed by atoms with Crippen molar-refractivity contribution in [2.24, 2.45) is 0 Å². The van der Waals surface area contributed by atoms with E-state index in [4.69, 9.17) is 16.3 Å². The van der Waals surface area contributed by atoms with Gasteiger partial charge in [-0.3, -0.25) is 5.32 Å². The van der Waals surface area contributed by atoms with Crippen LogP contribution in [0.15, 0.2) is 17.0 Å². The molecule has 0 aliphatic heterocycles. The molecule has 1 aromatic carbocycles. The van der Waals surface area contributed by atoms with Crippen LogP contribution < -0.4 is 5.32 Å². The van der Waals surface area contributed by atoms with Gasteiger partial charge in [-0.15, -0.1) is 0 Å². The number of benzene rings is 1. The minimum Gasteiger partial charge on any atom is -0.504 e. The summed E-state index contributed by atoms with van der Waals surface area (Å²) in [7, 11) is -3.81. The fourth-order valence-electron chi connectivity index (χ4n) is 1.57. The van der Waals surface area contributed by atoms with E-state index in [-0.39, 0.29) is 10.7 Å². The van der Waals surface area contributed by atoms with Gasteiger partial charge >= 0.3 is 6.09 Å². The molecule has 0 bridgehead atoms. The van der Waals surface area contributed by atoms with Crippen LogP contribution in [0.25, 0.3) is 0 Å². The van der Waals surface area contributed by atoms with E-state index in [1.165, 1.54) is 26.0 Å². The van der Waals surface area contributed by atoms with Crippen molar-refractivity contribution < 1.29 is 23.1 Å². The predicted octanol–water partition coefficient (Wildman–Crippen LogP) is 3.57. The lowest BCUT2D eigenvalue weighted by molar-refractivity contribution is 0.0635. The molecule has 0 saturated heterocycles. The number of hydrogen-bond donors (Lipinski definition) is 2. The number of anilines is 1. The molecule has 1 amide bonds. The van der Waals surface area contributed by atoms with Gasteiger partial charge in [-0.1, -0.05) is 11.6 Å². The van der Waals surface area contributed by atoms with Crippen LogP contribution in [0.3, 0.4) is 0 Å². The summed E-state index contributed by atoms with van der Waals surface area (Å²) in [6.07, 6.45) is -0.807. The molecule has 0 fully saturated rings. The van der Waals surface area contributed by atoms with E-state index in [0.717, 1.165) is 0 Å². The second-order valence-electron chi connectivity index (χ2n) is 5.99. The number of amides is 1. The highest BCUT2D eigenvalue weighted by Gasteiger charge is 2.28. The molecular weight excluding hydrogens is 330 g/mol. The Kier molecular flexibility index (Phi) is 5.35. The van der Waals surface area contributed by atoms with Crippen molar-refractivity contribution in [3.05, 3.63) is 17.2 Å². The van der Waals surface area contributed by atoms with Gasteiger partial charge in [-0.2, -0.15) is 0 Å². The Bertz CT molecular complexity index is 677. The SMILES string of the molecule is CC(C)S(=O)(=O)c1c(Cl)ccc(NC(=O)OC(C)(C)C)c1O. The number of nitrogens with one attached hydrogen (secondary N) is 1. The Morgan fingerprint density at radius 3 is 2.32 bits per heavy atom. The summed E-state index contributed by atoms with van der Waals surface area (Å²) >= 11 is 5.89. The number of phenols is 1. The topological polar surface area (TPSA) is 92.7 Å². The summed E-state index contributed by atoms with van der Waals surface area (Å²) in [6, 6.07) is 2.60. The minimum atomic E-state index is -3.81. The van der Waals surface area contributed by atoms with Gasteiger partial charge in [-0.25, -0.2) is 13.2 Å². The van der Waals surface area contributed by atoms with Gasteiger partial charge in [0.15, 0.2) is 15.6 Å². The first-order valence-corrected chi connectivity index (χ1v) is 8.54. The van der Waals surface area contributed by atoms with Gasteiger partial charge in [0.1, 0.15) is 10.5 Å². The highest BCUT2D eigenvalue weighted by Crippen LogP contribution is 2.38. The number of rotatable bonds is 3. The van der Waals surface area contributed by atoms with Crippen LogP contribution in [0.5, 0.6) is 5.75 Å². The number of carbonyl (C=O) groups is 1. The van der Waals surface area contributed by atoms with E-state index in [0.29, 0.717) is 0 Å². The Morgan fingerprint density at radius 2 is 1.86 bits per heavy atom. The van der Waals surface area contributed by atoms with Crippen molar-refractivity contribution in [1.29, 1.82) is 0 Å². The Balaban J connectivity index is 3.24. The molecule has 0 spiro atoms. The van der Waals surface area contributed by atoms with Crippen LogP contribution in [0.1, 0.15) is 34.6 Å². The zero-order valence-corrected chi connectivity index (χ0v) is 14.7. The van der Waals surface area contributed by atoms with Gasteiger partial charge < -0.3 is 9.84 Å². The number of phenolic OH excluding ortho intramolecular Hbond substituents is 1. The Labute approximate surface area is 135 Å². The first-order valence-electron chi connectivity index (χ1n) is 6.61. The fraction of sp³-hybridized carbons (Fsp3) is 0.500. The van der Waals surface area contributed by atoms with Crippen LogP contribution in [-0.4, -0.2) is 30.5 Å². The molecule has 6 nitrogen and oxygen atoms in total. The van der Waals surface area contributed by atoms with Gasteiger partial charge in [-0.05, 0) is 46.8 Å². The molecule has 2 N–H and O–H groups in total. The molecule has 0 radical (unpaired) electrons. The molecular formula is C14H20ClNO5S. The molecule has 0 aliphatic carbocycles. The van der Waals surface area contributed by atoms with Crippen molar-refractivity contribution in [1.82, 2.24) is 0 Å². The average Bonchev–Trinajstić information content (AvgIpc) is 2.30. The van der Waals surface area contributed by atoms with E-state index in [1.807, 2.05) is 0 Å². The van der Waals surface area contributed by atoms with Gasteiger partial charge in [0.2, 0.25) is 0 Å². The second kappa shape index (κ2) is 6.34. The summed E-state index contributed by atoms with van der Waals surface area (Å²) in [5.74, 6) is -0.605. The quantitative estimate of drug-likeness (QED) is 0.813. The number of halogens is 1. The van der Waals surface area contributed by atoms with Crippen LogP contribution in [0.4, 0.5) is 10.5 Å². The molecule has 124 valence electrons. The molecule has 0 saturated carbocycles. The lowest BCUT2D eigenvalue weighted by Gasteiger charge is -2.20. The number of sulfone groups is 1. The highest BCUT2D eigenvalue weighted by atomic mass is 35.5. The van der Waals surface area contributed by atoms with Crippen molar-refractivity contribution in [2.75, 3.05) is 5.32 Å². The summed E-state index contributed by atoms with van der Waals surface area (Å²) in [6.45, 7) is 7.99. The maximum atomic E-state index is 12.3. The van der Waals surface area contributed by atoms with Crippen molar-refractivity contribution in [2.45, 2.75) is 50.4 Å². The largest absolute Gasteiger partial charge is 0.504 e. The zero-order chi connectivity index (χ0) is 17.3. The highest BCUT2D eigenvalue weighted by molar-refractivity contribution is 7.92. The average molecular weight is 350 g/mol. The minimum absolute atomic E-state index is 0.0853. The van der Waals surface area contributed by atoms with Crippen LogP contribution in [0, 0.1) is 0 Å². The van der Waals surface area contributed by atoms with Crippen LogP contribution in [-0.2, 0) is 14.6 Å². The summed E-state index contributed by atoms with van der Waals surface area (Å²) in [5, 5.41) is 11.6. The number of hydrogen-bond acceptors (Lipinski definition) is 5. The molecule has 0 heterocycles. The number of carbonyl (C=O) groups excluding carboxylic acids is 1. The molecule has 0 unspecified atom stereocenters. The van der Waals surface area contributed by atoms with Crippen LogP contribution >= 0.6 is 11.6 Å². The lowest BCUT2D eigenvalue weighted by atomic mass is 10.2. The summed E-state index contributed by atoms with van der Waals surface area (Å²) in [4.78, 5) is 11.3. The Morgan fingerprint density at radius 1 is 1.32 bits per heavy atom. The molecule has 1 aromatic rings. The predicted molar refractivity (Wildman–Crippen MR) is 85.3 cm³/mol. The van der Waals surface area contributed by atoms with Crippen LogP contribution in [0.2, 0.25) is 5.02 Å². The maximum absolute atomic E-state index is 12.3.